The Morgan fingerprint density at radius 3 is 2.23 bits per heavy atom. The third-order valence-corrected chi connectivity index (χ3v) is 5.92. The molecule has 31 heavy (non-hydrogen) atoms. The lowest BCUT2D eigenvalue weighted by Gasteiger charge is -2.30. The molecule has 7 nitrogen and oxygen atoms in total. The summed E-state index contributed by atoms with van der Waals surface area (Å²) in [6, 6.07) is 10.2. The van der Waals surface area contributed by atoms with Gasteiger partial charge in [-0.1, -0.05) is 23.2 Å². The molecule has 9 heteroatoms. The standard InChI is InChI=1S/C22H25Cl2N3O4/c1-30-19-6-4-16(12-20(19)31-2)25-21(28)13-27-9-7-14(8-10-27)22(29)26-15-3-5-17(23)18(24)11-15/h3-6,11-12,14H,7-10,13H2,1-2H3,(H,25,28)(H,26,29). The lowest BCUT2D eigenvalue weighted by molar-refractivity contribution is -0.121. The minimum Gasteiger partial charge on any atom is -0.493 e. The zero-order chi connectivity index (χ0) is 22.4. The van der Waals surface area contributed by atoms with Crippen molar-refractivity contribution in [3.8, 4) is 11.5 Å². The largest absolute Gasteiger partial charge is 0.493 e. The van der Waals surface area contributed by atoms with E-state index in [9.17, 15) is 9.59 Å². The van der Waals surface area contributed by atoms with Gasteiger partial charge in [0.25, 0.3) is 0 Å². The maximum absolute atomic E-state index is 12.5. The number of hydrogen-bond donors (Lipinski definition) is 2. The molecule has 2 aromatic carbocycles. The fourth-order valence-electron chi connectivity index (χ4n) is 3.49. The number of likely N-dealkylation sites (tertiary alicyclic amines) is 1. The fraction of sp³-hybridized carbons (Fsp3) is 0.364. The average molecular weight is 466 g/mol. The summed E-state index contributed by atoms with van der Waals surface area (Å²) >= 11 is 11.9. The molecule has 0 aliphatic carbocycles. The number of carbonyl (C=O) groups excluding carboxylic acids is 2. The Hall–Kier alpha value is -2.48. The maximum atomic E-state index is 12.5. The number of halogens is 2. The number of nitrogens with one attached hydrogen (secondary N) is 2. The van der Waals surface area contributed by atoms with Crippen molar-refractivity contribution in [1.82, 2.24) is 4.90 Å². The number of benzene rings is 2. The highest BCUT2D eigenvalue weighted by atomic mass is 35.5. The maximum Gasteiger partial charge on any atom is 0.238 e. The van der Waals surface area contributed by atoms with Gasteiger partial charge in [-0.15, -0.1) is 0 Å². The van der Waals surface area contributed by atoms with Crippen molar-refractivity contribution in [1.29, 1.82) is 0 Å². The first-order valence-corrected chi connectivity index (χ1v) is 10.7. The van der Waals surface area contributed by atoms with E-state index in [0.29, 0.717) is 58.9 Å². The van der Waals surface area contributed by atoms with Gasteiger partial charge in [-0.3, -0.25) is 14.5 Å². The van der Waals surface area contributed by atoms with Crippen molar-refractivity contribution in [2.75, 3.05) is 44.5 Å². The summed E-state index contributed by atoms with van der Waals surface area (Å²) in [4.78, 5) is 27.0. The van der Waals surface area contributed by atoms with E-state index in [0.717, 1.165) is 0 Å². The van der Waals surface area contributed by atoms with Crippen LogP contribution in [-0.2, 0) is 9.59 Å². The highest BCUT2D eigenvalue weighted by molar-refractivity contribution is 6.42. The van der Waals surface area contributed by atoms with Crippen molar-refractivity contribution in [2.24, 2.45) is 5.92 Å². The van der Waals surface area contributed by atoms with Gasteiger partial charge in [0, 0.05) is 23.4 Å². The van der Waals surface area contributed by atoms with E-state index < -0.39 is 0 Å². The van der Waals surface area contributed by atoms with Crippen molar-refractivity contribution in [3.63, 3.8) is 0 Å². The van der Waals surface area contributed by atoms with Crippen LogP contribution in [0.1, 0.15) is 12.8 Å². The van der Waals surface area contributed by atoms with Gasteiger partial charge in [0.2, 0.25) is 11.8 Å². The summed E-state index contributed by atoms with van der Waals surface area (Å²) in [7, 11) is 3.11. The van der Waals surface area contributed by atoms with Gasteiger partial charge < -0.3 is 20.1 Å². The number of amides is 2. The van der Waals surface area contributed by atoms with E-state index in [2.05, 4.69) is 10.6 Å². The van der Waals surface area contributed by atoms with Gasteiger partial charge in [0.05, 0.1) is 30.8 Å². The molecule has 3 rings (SSSR count). The van der Waals surface area contributed by atoms with Crippen LogP contribution < -0.4 is 20.1 Å². The first-order chi connectivity index (χ1) is 14.9. The van der Waals surface area contributed by atoms with E-state index >= 15 is 0 Å². The molecule has 2 amide bonds. The van der Waals surface area contributed by atoms with Gasteiger partial charge in [0.1, 0.15) is 0 Å². The third-order valence-electron chi connectivity index (χ3n) is 5.18. The summed E-state index contributed by atoms with van der Waals surface area (Å²) in [5.74, 6) is 0.870. The van der Waals surface area contributed by atoms with Crippen molar-refractivity contribution in [2.45, 2.75) is 12.8 Å². The number of piperidine rings is 1. The molecular weight excluding hydrogens is 441 g/mol. The van der Waals surface area contributed by atoms with Crippen LogP contribution in [-0.4, -0.2) is 50.6 Å². The third kappa shape index (κ3) is 6.26. The van der Waals surface area contributed by atoms with Crippen LogP contribution in [0.5, 0.6) is 11.5 Å². The van der Waals surface area contributed by atoms with Crippen molar-refractivity contribution < 1.29 is 19.1 Å². The number of carbonyl (C=O) groups is 2. The molecule has 0 atom stereocenters. The molecule has 0 spiro atoms. The van der Waals surface area contributed by atoms with Crippen molar-refractivity contribution in [3.05, 3.63) is 46.4 Å². The quantitative estimate of drug-likeness (QED) is 0.636. The van der Waals surface area contributed by atoms with Crippen molar-refractivity contribution >= 4 is 46.4 Å². The van der Waals surface area contributed by atoms with E-state index in [4.69, 9.17) is 32.7 Å². The lowest BCUT2D eigenvalue weighted by atomic mass is 9.96. The molecule has 1 fully saturated rings. The Kier molecular flexibility index (Phi) is 8.01. The normalized spacial score (nSPS) is 14.7. The predicted octanol–water partition coefficient (Wildman–Crippen LogP) is 4.30. The molecule has 2 N–H and O–H groups in total. The molecular formula is C22H25Cl2N3O4. The summed E-state index contributed by atoms with van der Waals surface area (Å²) in [6.45, 7) is 1.59. The van der Waals surface area contributed by atoms with Crippen LogP contribution in [0.4, 0.5) is 11.4 Å². The first kappa shape index (κ1) is 23.2. The molecule has 0 bridgehead atoms. The van der Waals surface area contributed by atoms with Crippen LogP contribution >= 0.6 is 23.2 Å². The molecule has 0 radical (unpaired) electrons. The van der Waals surface area contributed by atoms with E-state index in [1.807, 2.05) is 4.90 Å². The van der Waals surface area contributed by atoms with Gasteiger partial charge in [-0.05, 0) is 56.3 Å². The second kappa shape index (κ2) is 10.7. The van der Waals surface area contributed by atoms with Gasteiger partial charge >= 0.3 is 0 Å². The average Bonchev–Trinajstić information content (AvgIpc) is 2.76. The number of anilines is 2. The van der Waals surface area contributed by atoms with Crippen LogP contribution in [0.15, 0.2) is 36.4 Å². The van der Waals surface area contributed by atoms with E-state index in [1.54, 1.807) is 50.6 Å². The molecule has 1 aliphatic rings. The Bertz CT molecular complexity index is 946. The van der Waals surface area contributed by atoms with Gasteiger partial charge in [-0.2, -0.15) is 0 Å². The number of hydrogen-bond acceptors (Lipinski definition) is 5. The molecule has 0 unspecified atom stereocenters. The predicted molar refractivity (Wildman–Crippen MR) is 122 cm³/mol. The zero-order valence-corrected chi connectivity index (χ0v) is 18.9. The Labute approximate surface area is 191 Å². The summed E-state index contributed by atoms with van der Waals surface area (Å²) in [6.07, 6.45) is 1.35. The zero-order valence-electron chi connectivity index (χ0n) is 17.4. The lowest BCUT2D eigenvalue weighted by Crippen LogP contribution is -2.41. The highest BCUT2D eigenvalue weighted by Crippen LogP contribution is 2.30. The number of ether oxygens (including phenoxy) is 2. The van der Waals surface area contributed by atoms with E-state index in [-0.39, 0.29) is 24.3 Å². The summed E-state index contributed by atoms with van der Waals surface area (Å²) in [5.41, 5.74) is 1.26. The molecule has 0 saturated carbocycles. The number of rotatable bonds is 7. The smallest absolute Gasteiger partial charge is 0.238 e. The SMILES string of the molecule is COc1ccc(NC(=O)CN2CCC(C(=O)Nc3ccc(Cl)c(Cl)c3)CC2)cc1OC. The Morgan fingerprint density at radius 1 is 0.935 bits per heavy atom. The number of nitrogens with zero attached hydrogens (tertiary/aromatic N) is 1. The number of methoxy groups -OCH3 is 2. The highest BCUT2D eigenvalue weighted by Gasteiger charge is 2.26. The molecule has 1 aliphatic heterocycles. The molecule has 1 saturated heterocycles. The van der Waals surface area contributed by atoms with Gasteiger partial charge in [0.15, 0.2) is 11.5 Å². The van der Waals surface area contributed by atoms with E-state index in [1.165, 1.54) is 0 Å². The van der Waals surface area contributed by atoms with Crippen LogP contribution in [0.3, 0.4) is 0 Å². The monoisotopic (exact) mass is 465 g/mol. The molecule has 2 aromatic rings. The van der Waals surface area contributed by atoms with Crippen LogP contribution in [0.25, 0.3) is 0 Å². The summed E-state index contributed by atoms with van der Waals surface area (Å²) in [5, 5.41) is 6.60. The fourth-order valence-corrected chi connectivity index (χ4v) is 3.79. The second-order valence-electron chi connectivity index (χ2n) is 7.29. The summed E-state index contributed by atoms with van der Waals surface area (Å²) < 4.78 is 10.5. The molecule has 0 aromatic heterocycles. The second-order valence-corrected chi connectivity index (χ2v) is 8.10. The minimum absolute atomic E-state index is 0.0483. The van der Waals surface area contributed by atoms with Crippen LogP contribution in [0.2, 0.25) is 10.0 Å². The topological polar surface area (TPSA) is 79.9 Å². The van der Waals surface area contributed by atoms with Crippen LogP contribution in [0, 0.1) is 5.92 Å². The molecule has 166 valence electrons. The minimum atomic E-state index is -0.120. The Morgan fingerprint density at radius 2 is 1.58 bits per heavy atom. The van der Waals surface area contributed by atoms with Gasteiger partial charge in [-0.25, -0.2) is 0 Å². The molecule has 1 heterocycles. The Balaban J connectivity index is 1.46. The first-order valence-electron chi connectivity index (χ1n) is 9.89.